The number of halogens is 1. The van der Waals surface area contributed by atoms with E-state index in [1.165, 1.54) is 25.9 Å². The Labute approximate surface area is 126 Å². The maximum atomic E-state index is 6.22. The van der Waals surface area contributed by atoms with Crippen LogP contribution in [0.25, 0.3) is 0 Å². The van der Waals surface area contributed by atoms with Crippen molar-refractivity contribution in [2.24, 2.45) is 0 Å². The van der Waals surface area contributed by atoms with Crippen LogP contribution < -0.4 is 5.32 Å². The third kappa shape index (κ3) is 3.83. The highest BCUT2D eigenvalue weighted by molar-refractivity contribution is 6.30. The molecule has 1 saturated heterocycles. The van der Waals surface area contributed by atoms with Crippen LogP contribution in [0.1, 0.15) is 50.9 Å². The number of nitrogens with one attached hydrogen (secondary N) is 1. The van der Waals surface area contributed by atoms with Gasteiger partial charge in [-0.15, -0.1) is 0 Å². The van der Waals surface area contributed by atoms with Crippen molar-refractivity contribution in [1.29, 1.82) is 0 Å². The van der Waals surface area contributed by atoms with Crippen molar-refractivity contribution in [3.63, 3.8) is 0 Å². The minimum atomic E-state index is 0.280. The Balaban J connectivity index is 2.07. The van der Waals surface area contributed by atoms with Crippen molar-refractivity contribution in [1.82, 2.24) is 14.9 Å². The predicted octanol–water partition coefficient (Wildman–Crippen LogP) is 3.46. The Hall–Kier alpha value is -0.870. The summed E-state index contributed by atoms with van der Waals surface area (Å²) in [7, 11) is 0. The van der Waals surface area contributed by atoms with E-state index >= 15 is 0 Å². The fourth-order valence-corrected chi connectivity index (χ4v) is 2.71. The summed E-state index contributed by atoms with van der Waals surface area (Å²) in [6.07, 6.45) is 2.64. The van der Waals surface area contributed by atoms with Crippen LogP contribution >= 0.6 is 11.6 Å². The number of hydrogen-bond donors (Lipinski definition) is 1. The molecule has 1 unspecified atom stereocenters. The fourth-order valence-electron chi connectivity index (χ4n) is 2.54. The summed E-state index contributed by atoms with van der Waals surface area (Å²) in [5.74, 6) is 1.96. The minimum absolute atomic E-state index is 0.280. The third-order valence-electron chi connectivity index (χ3n) is 3.73. The highest BCUT2D eigenvalue weighted by Gasteiger charge is 2.17. The summed E-state index contributed by atoms with van der Waals surface area (Å²) in [5.41, 5.74) is 0.935. The second kappa shape index (κ2) is 6.72. The molecule has 5 heteroatoms. The fraction of sp³-hybridized carbons (Fsp3) is 0.733. The van der Waals surface area contributed by atoms with Crippen LogP contribution in [-0.4, -0.2) is 40.5 Å². The zero-order chi connectivity index (χ0) is 14.7. The molecular weight excluding hydrogens is 272 g/mol. The van der Waals surface area contributed by atoms with E-state index in [-0.39, 0.29) is 5.92 Å². The van der Waals surface area contributed by atoms with E-state index in [2.05, 4.69) is 41.0 Å². The van der Waals surface area contributed by atoms with Crippen LogP contribution in [0, 0.1) is 6.92 Å². The molecule has 4 nitrogen and oxygen atoms in total. The first-order chi connectivity index (χ1) is 9.47. The van der Waals surface area contributed by atoms with Gasteiger partial charge in [0, 0.05) is 24.1 Å². The maximum absolute atomic E-state index is 6.22. The molecule has 1 N–H and O–H groups in total. The van der Waals surface area contributed by atoms with Gasteiger partial charge in [0.1, 0.15) is 16.8 Å². The van der Waals surface area contributed by atoms with Gasteiger partial charge in [0.05, 0.1) is 0 Å². The first-order valence-electron chi connectivity index (χ1n) is 7.50. The summed E-state index contributed by atoms with van der Waals surface area (Å²) in [5, 5.41) is 4.05. The van der Waals surface area contributed by atoms with Gasteiger partial charge in [0.2, 0.25) is 0 Å². The van der Waals surface area contributed by atoms with Crippen molar-refractivity contribution in [3.05, 3.63) is 16.5 Å². The van der Waals surface area contributed by atoms with E-state index in [9.17, 15) is 0 Å². The lowest BCUT2D eigenvalue weighted by Gasteiger charge is -2.23. The normalized spacial score (nSPS) is 17.7. The Morgan fingerprint density at radius 2 is 1.85 bits per heavy atom. The highest BCUT2D eigenvalue weighted by atomic mass is 35.5. The maximum Gasteiger partial charge on any atom is 0.137 e. The van der Waals surface area contributed by atoms with E-state index in [1.807, 2.05) is 6.92 Å². The molecule has 1 aromatic heterocycles. The Bertz CT molecular complexity index is 455. The average molecular weight is 297 g/mol. The smallest absolute Gasteiger partial charge is 0.137 e. The van der Waals surface area contributed by atoms with E-state index < -0.39 is 0 Å². The first-order valence-corrected chi connectivity index (χ1v) is 7.88. The zero-order valence-electron chi connectivity index (χ0n) is 12.9. The summed E-state index contributed by atoms with van der Waals surface area (Å²) in [6.45, 7) is 11.8. The molecule has 0 bridgehead atoms. The number of rotatable bonds is 5. The second-order valence-electron chi connectivity index (χ2n) is 6.05. The van der Waals surface area contributed by atoms with Gasteiger partial charge in [-0.1, -0.05) is 25.4 Å². The molecule has 1 aromatic rings. The van der Waals surface area contributed by atoms with Crippen LogP contribution in [0.5, 0.6) is 0 Å². The summed E-state index contributed by atoms with van der Waals surface area (Å²) in [6, 6.07) is 0.359. The van der Waals surface area contributed by atoms with Gasteiger partial charge in [0.25, 0.3) is 0 Å². The highest BCUT2D eigenvalue weighted by Crippen LogP contribution is 2.23. The molecule has 2 rings (SSSR count). The second-order valence-corrected chi connectivity index (χ2v) is 6.41. The van der Waals surface area contributed by atoms with Crippen LogP contribution in [0.3, 0.4) is 0 Å². The van der Waals surface area contributed by atoms with Gasteiger partial charge in [-0.3, -0.25) is 0 Å². The average Bonchev–Trinajstić information content (AvgIpc) is 2.87. The summed E-state index contributed by atoms with van der Waals surface area (Å²) in [4.78, 5) is 11.5. The van der Waals surface area contributed by atoms with Crippen LogP contribution in [0.4, 0.5) is 5.82 Å². The van der Waals surface area contributed by atoms with Crippen LogP contribution in [0.15, 0.2) is 0 Å². The van der Waals surface area contributed by atoms with Crippen molar-refractivity contribution in [2.45, 2.75) is 52.5 Å². The molecule has 0 spiro atoms. The Morgan fingerprint density at radius 3 is 2.45 bits per heavy atom. The van der Waals surface area contributed by atoms with E-state index in [4.69, 9.17) is 11.6 Å². The molecule has 1 aliphatic rings. The quantitative estimate of drug-likeness (QED) is 0.845. The van der Waals surface area contributed by atoms with Crippen molar-refractivity contribution in [3.8, 4) is 0 Å². The summed E-state index contributed by atoms with van der Waals surface area (Å²) >= 11 is 6.22. The first kappa shape index (κ1) is 15.5. The van der Waals surface area contributed by atoms with Gasteiger partial charge in [-0.25, -0.2) is 9.97 Å². The predicted molar refractivity (Wildman–Crippen MR) is 84.6 cm³/mol. The molecule has 0 amide bonds. The summed E-state index contributed by atoms with van der Waals surface area (Å²) < 4.78 is 0. The monoisotopic (exact) mass is 296 g/mol. The third-order valence-corrected chi connectivity index (χ3v) is 4.10. The topological polar surface area (TPSA) is 41.1 Å². The lowest BCUT2D eigenvalue weighted by Crippen LogP contribution is -2.33. The van der Waals surface area contributed by atoms with E-state index in [0.29, 0.717) is 11.2 Å². The SMILES string of the molecule is Cc1c(Cl)nc(C(C)C)nc1NC(C)CN1CCCC1. The lowest BCUT2D eigenvalue weighted by molar-refractivity contribution is 0.327. The zero-order valence-corrected chi connectivity index (χ0v) is 13.7. The number of nitrogens with zero attached hydrogens (tertiary/aromatic N) is 3. The molecule has 0 aromatic carbocycles. The van der Waals surface area contributed by atoms with Gasteiger partial charge in [-0.2, -0.15) is 0 Å². The van der Waals surface area contributed by atoms with Gasteiger partial charge >= 0.3 is 0 Å². The number of hydrogen-bond acceptors (Lipinski definition) is 4. The van der Waals surface area contributed by atoms with E-state index in [1.54, 1.807) is 0 Å². The molecule has 1 fully saturated rings. The van der Waals surface area contributed by atoms with Gasteiger partial charge < -0.3 is 10.2 Å². The van der Waals surface area contributed by atoms with Crippen molar-refractivity contribution < 1.29 is 0 Å². The van der Waals surface area contributed by atoms with Crippen molar-refractivity contribution >= 4 is 17.4 Å². The number of likely N-dealkylation sites (tertiary alicyclic amines) is 1. The van der Waals surface area contributed by atoms with Gasteiger partial charge in [0.15, 0.2) is 0 Å². The number of anilines is 1. The molecule has 20 heavy (non-hydrogen) atoms. The molecule has 0 radical (unpaired) electrons. The Kier molecular flexibility index (Phi) is 5.22. The van der Waals surface area contributed by atoms with E-state index in [0.717, 1.165) is 23.8 Å². The molecule has 0 aliphatic carbocycles. The minimum Gasteiger partial charge on any atom is -0.366 e. The molecule has 2 heterocycles. The molecule has 0 saturated carbocycles. The lowest BCUT2D eigenvalue weighted by atomic mass is 10.2. The number of aromatic nitrogens is 2. The molecule has 1 aliphatic heterocycles. The molecular formula is C15H25ClN4. The van der Waals surface area contributed by atoms with Crippen molar-refractivity contribution in [2.75, 3.05) is 25.0 Å². The Morgan fingerprint density at radius 1 is 1.20 bits per heavy atom. The van der Waals surface area contributed by atoms with Gasteiger partial charge in [-0.05, 0) is 39.8 Å². The van der Waals surface area contributed by atoms with Crippen LogP contribution in [0.2, 0.25) is 5.15 Å². The molecule has 1 atom stereocenters. The molecule has 112 valence electrons. The van der Waals surface area contributed by atoms with Crippen LogP contribution in [-0.2, 0) is 0 Å². The largest absolute Gasteiger partial charge is 0.366 e. The standard InChI is InChI=1S/C15H25ClN4/c1-10(2)14-18-13(16)12(4)15(19-14)17-11(3)9-20-7-5-6-8-20/h10-11H,5-9H2,1-4H3,(H,17,18,19).